The number of ketones is 1. The Morgan fingerprint density at radius 3 is 2.00 bits per heavy atom. The summed E-state index contributed by atoms with van der Waals surface area (Å²) in [7, 11) is 0. The van der Waals surface area contributed by atoms with E-state index in [2.05, 4.69) is 5.32 Å². The molecule has 0 aliphatic rings. The van der Waals surface area contributed by atoms with E-state index in [0.29, 0.717) is 29.2 Å². The number of Topliss-reactive ketones (excluding diaryl/α,β-unsaturated/α-hetero) is 1. The van der Waals surface area contributed by atoms with E-state index in [4.69, 9.17) is 9.47 Å². The first kappa shape index (κ1) is 21.2. The van der Waals surface area contributed by atoms with Crippen LogP contribution in [-0.4, -0.2) is 30.9 Å². The van der Waals surface area contributed by atoms with E-state index < -0.39 is 11.4 Å². The number of amides is 1. The predicted molar refractivity (Wildman–Crippen MR) is 107 cm³/mol. The van der Waals surface area contributed by atoms with E-state index in [0.717, 1.165) is 0 Å². The number of carbonyl (C=O) groups is 3. The minimum atomic E-state index is -0.495. The zero-order chi connectivity index (χ0) is 20.7. The quantitative estimate of drug-likeness (QED) is 0.575. The number of benzene rings is 2. The maximum Gasteiger partial charge on any atom is 0.338 e. The lowest BCUT2D eigenvalue weighted by Crippen LogP contribution is -2.27. The molecule has 0 fully saturated rings. The van der Waals surface area contributed by atoms with Gasteiger partial charge in [-0.15, -0.1) is 0 Å². The van der Waals surface area contributed by atoms with Crippen LogP contribution in [0.25, 0.3) is 0 Å². The monoisotopic (exact) mass is 383 g/mol. The maximum atomic E-state index is 12.3. The van der Waals surface area contributed by atoms with Crippen molar-refractivity contribution < 1.29 is 23.9 Å². The maximum absolute atomic E-state index is 12.3. The number of esters is 1. The van der Waals surface area contributed by atoms with Gasteiger partial charge in [-0.05, 0) is 55.5 Å². The van der Waals surface area contributed by atoms with E-state index in [1.54, 1.807) is 55.5 Å². The number of anilines is 1. The summed E-state index contributed by atoms with van der Waals surface area (Å²) in [5.41, 5.74) is 1.04. The molecule has 0 spiro atoms. The van der Waals surface area contributed by atoms with Crippen LogP contribution in [0, 0.1) is 5.41 Å². The minimum Gasteiger partial charge on any atom is -0.485 e. The Hall–Kier alpha value is -3.15. The molecular weight excluding hydrogens is 358 g/mol. The van der Waals surface area contributed by atoms with Crippen molar-refractivity contribution in [3.05, 3.63) is 59.7 Å². The van der Waals surface area contributed by atoms with Crippen LogP contribution < -0.4 is 10.1 Å². The molecule has 6 nitrogen and oxygen atoms in total. The lowest BCUT2D eigenvalue weighted by molar-refractivity contribution is -0.123. The highest BCUT2D eigenvalue weighted by atomic mass is 16.5. The number of hydrogen-bond acceptors (Lipinski definition) is 5. The van der Waals surface area contributed by atoms with Crippen molar-refractivity contribution in [2.45, 2.75) is 27.7 Å². The largest absolute Gasteiger partial charge is 0.485 e. The fourth-order valence-electron chi connectivity index (χ4n) is 2.19. The summed E-state index contributed by atoms with van der Waals surface area (Å²) in [6.07, 6.45) is 0. The van der Waals surface area contributed by atoms with Crippen molar-refractivity contribution >= 4 is 23.3 Å². The molecule has 148 valence electrons. The number of ether oxygens (including phenoxy) is 2. The normalized spacial score (nSPS) is 10.9. The number of hydrogen-bond donors (Lipinski definition) is 1. The van der Waals surface area contributed by atoms with Crippen LogP contribution in [0.5, 0.6) is 5.75 Å². The molecule has 6 heteroatoms. The standard InChI is InChI=1S/C22H25NO5/c1-5-27-20(25)16-8-12-18(13-9-16)28-14-19(24)15-6-10-17(11-7-15)23-21(26)22(2,3)4/h6-13H,5,14H2,1-4H3,(H,23,26). The Kier molecular flexibility index (Phi) is 6.93. The summed E-state index contributed by atoms with van der Waals surface area (Å²) in [6.45, 7) is 7.41. The summed E-state index contributed by atoms with van der Waals surface area (Å²) < 4.78 is 10.4. The van der Waals surface area contributed by atoms with E-state index in [1.807, 2.05) is 20.8 Å². The van der Waals surface area contributed by atoms with Crippen LogP contribution in [0.2, 0.25) is 0 Å². The molecule has 0 aromatic heterocycles. The number of nitrogens with one attached hydrogen (secondary N) is 1. The van der Waals surface area contributed by atoms with Gasteiger partial charge in [0.25, 0.3) is 0 Å². The zero-order valence-corrected chi connectivity index (χ0v) is 16.6. The molecule has 0 bridgehead atoms. The van der Waals surface area contributed by atoms with E-state index in [9.17, 15) is 14.4 Å². The molecule has 2 aromatic carbocycles. The molecule has 0 radical (unpaired) electrons. The Bertz CT molecular complexity index is 833. The summed E-state index contributed by atoms with van der Waals surface area (Å²) in [6, 6.07) is 13.1. The van der Waals surface area contributed by atoms with Gasteiger partial charge < -0.3 is 14.8 Å². The molecule has 0 unspecified atom stereocenters. The summed E-state index contributed by atoms with van der Waals surface area (Å²) >= 11 is 0. The smallest absolute Gasteiger partial charge is 0.338 e. The van der Waals surface area contributed by atoms with Crippen molar-refractivity contribution in [3.8, 4) is 5.75 Å². The second kappa shape index (κ2) is 9.17. The van der Waals surface area contributed by atoms with Crippen LogP contribution >= 0.6 is 0 Å². The van der Waals surface area contributed by atoms with Crippen molar-refractivity contribution in [2.24, 2.45) is 5.41 Å². The SMILES string of the molecule is CCOC(=O)c1ccc(OCC(=O)c2ccc(NC(=O)C(C)(C)C)cc2)cc1. The Morgan fingerprint density at radius 2 is 1.46 bits per heavy atom. The first-order valence-electron chi connectivity index (χ1n) is 9.05. The van der Waals surface area contributed by atoms with Gasteiger partial charge in [0.2, 0.25) is 5.91 Å². The van der Waals surface area contributed by atoms with Gasteiger partial charge in [0.1, 0.15) is 5.75 Å². The van der Waals surface area contributed by atoms with Crippen LogP contribution in [0.3, 0.4) is 0 Å². The van der Waals surface area contributed by atoms with Gasteiger partial charge in [-0.1, -0.05) is 20.8 Å². The molecule has 0 aliphatic heterocycles. The number of rotatable bonds is 7. The van der Waals surface area contributed by atoms with Gasteiger partial charge in [-0.25, -0.2) is 4.79 Å². The van der Waals surface area contributed by atoms with Crippen molar-refractivity contribution in [3.63, 3.8) is 0 Å². The molecule has 0 aliphatic carbocycles. The molecular formula is C22H25NO5. The number of carbonyl (C=O) groups excluding carboxylic acids is 3. The lowest BCUT2D eigenvalue weighted by Gasteiger charge is -2.17. The third-order valence-electron chi connectivity index (χ3n) is 3.88. The van der Waals surface area contributed by atoms with Gasteiger partial charge >= 0.3 is 5.97 Å². The molecule has 2 rings (SSSR count). The third-order valence-corrected chi connectivity index (χ3v) is 3.88. The first-order chi connectivity index (χ1) is 13.2. The van der Waals surface area contributed by atoms with Gasteiger partial charge in [-0.3, -0.25) is 9.59 Å². The fourth-order valence-corrected chi connectivity index (χ4v) is 2.19. The lowest BCUT2D eigenvalue weighted by atomic mass is 9.95. The average Bonchev–Trinajstić information content (AvgIpc) is 2.66. The molecule has 28 heavy (non-hydrogen) atoms. The highest BCUT2D eigenvalue weighted by Gasteiger charge is 2.21. The van der Waals surface area contributed by atoms with Gasteiger partial charge in [0.05, 0.1) is 12.2 Å². The fraction of sp³-hybridized carbons (Fsp3) is 0.318. The summed E-state index contributed by atoms with van der Waals surface area (Å²) in [5, 5.41) is 2.81. The van der Waals surface area contributed by atoms with Gasteiger partial charge in [-0.2, -0.15) is 0 Å². The average molecular weight is 383 g/mol. The Morgan fingerprint density at radius 1 is 0.893 bits per heavy atom. The molecule has 0 saturated heterocycles. The third kappa shape index (κ3) is 5.94. The second-order valence-electron chi connectivity index (χ2n) is 7.24. The van der Waals surface area contributed by atoms with Crippen molar-refractivity contribution in [1.29, 1.82) is 0 Å². The minimum absolute atomic E-state index is 0.0961. The van der Waals surface area contributed by atoms with Crippen LogP contribution in [-0.2, 0) is 9.53 Å². The van der Waals surface area contributed by atoms with Crippen LogP contribution in [0.15, 0.2) is 48.5 Å². The highest BCUT2D eigenvalue weighted by Crippen LogP contribution is 2.18. The van der Waals surface area contributed by atoms with Crippen LogP contribution in [0.4, 0.5) is 5.69 Å². The van der Waals surface area contributed by atoms with Gasteiger partial charge in [0, 0.05) is 16.7 Å². The highest BCUT2D eigenvalue weighted by molar-refractivity contribution is 5.98. The molecule has 1 amide bonds. The van der Waals surface area contributed by atoms with Gasteiger partial charge in [0.15, 0.2) is 12.4 Å². The second-order valence-corrected chi connectivity index (χ2v) is 7.24. The van der Waals surface area contributed by atoms with E-state index >= 15 is 0 Å². The first-order valence-corrected chi connectivity index (χ1v) is 9.05. The summed E-state index contributed by atoms with van der Waals surface area (Å²) in [5.74, 6) is -0.205. The summed E-state index contributed by atoms with van der Waals surface area (Å²) in [4.78, 5) is 35.9. The molecule has 0 atom stereocenters. The van der Waals surface area contributed by atoms with Crippen molar-refractivity contribution in [1.82, 2.24) is 0 Å². The molecule has 0 heterocycles. The molecule has 2 aromatic rings. The zero-order valence-electron chi connectivity index (χ0n) is 16.6. The topological polar surface area (TPSA) is 81.7 Å². The van der Waals surface area contributed by atoms with E-state index in [-0.39, 0.29) is 18.3 Å². The Labute approximate surface area is 164 Å². The molecule has 1 N–H and O–H groups in total. The van der Waals surface area contributed by atoms with E-state index in [1.165, 1.54) is 0 Å². The predicted octanol–water partition coefficient (Wildman–Crippen LogP) is 4.11. The van der Waals surface area contributed by atoms with Crippen LogP contribution in [0.1, 0.15) is 48.4 Å². The molecule has 0 saturated carbocycles. The van der Waals surface area contributed by atoms with Crippen molar-refractivity contribution in [2.75, 3.05) is 18.5 Å². The Balaban J connectivity index is 1.91.